The first-order chi connectivity index (χ1) is 9.68. The van der Waals surface area contributed by atoms with Crippen molar-refractivity contribution < 1.29 is 16.8 Å². The SMILES string of the molecule is CS(=O)(=O)NC1CCCN(S(=O)(=O)c2ccc(N)cc2)C1. The zero-order chi connectivity index (χ0) is 15.7. The largest absolute Gasteiger partial charge is 0.399 e. The van der Waals surface area contributed by atoms with Crippen molar-refractivity contribution >= 4 is 25.7 Å². The summed E-state index contributed by atoms with van der Waals surface area (Å²) in [4.78, 5) is 0.164. The summed E-state index contributed by atoms with van der Waals surface area (Å²) in [6.07, 6.45) is 2.31. The minimum Gasteiger partial charge on any atom is -0.399 e. The number of hydrogen-bond donors (Lipinski definition) is 2. The monoisotopic (exact) mass is 333 g/mol. The Kier molecular flexibility index (Phi) is 4.57. The highest BCUT2D eigenvalue weighted by atomic mass is 32.2. The highest BCUT2D eigenvalue weighted by Gasteiger charge is 2.31. The van der Waals surface area contributed by atoms with Gasteiger partial charge in [0, 0.05) is 24.8 Å². The molecule has 0 amide bonds. The van der Waals surface area contributed by atoms with E-state index in [0.29, 0.717) is 25.1 Å². The third kappa shape index (κ3) is 4.16. The molecule has 2 rings (SSSR count). The molecule has 0 bridgehead atoms. The lowest BCUT2D eigenvalue weighted by Gasteiger charge is -2.31. The van der Waals surface area contributed by atoms with Gasteiger partial charge >= 0.3 is 0 Å². The predicted molar refractivity (Wildman–Crippen MR) is 80.6 cm³/mol. The Labute approximate surface area is 125 Å². The summed E-state index contributed by atoms with van der Waals surface area (Å²) >= 11 is 0. The lowest BCUT2D eigenvalue weighted by Crippen LogP contribution is -2.49. The van der Waals surface area contributed by atoms with Crippen molar-refractivity contribution in [3.05, 3.63) is 24.3 Å². The van der Waals surface area contributed by atoms with Gasteiger partial charge in [-0.05, 0) is 37.1 Å². The molecule has 1 saturated heterocycles. The van der Waals surface area contributed by atoms with E-state index in [2.05, 4.69) is 4.72 Å². The molecule has 0 spiro atoms. The van der Waals surface area contributed by atoms with Crippen LogP contribution in [0.1, 0.15) is 12.8 Å². The van der Waals surface area contributed by atoms with Crippen molar-refractivity contribution in [2.24, 2.45) is 0 Å². The molecule has 0 aliphatic carbocycles. The van der Waals surface area contributed by atoms with E-state index < -0.39 is 26.1 Å². The topological polar surface area (TPSA) is 110 Å². The van der Waals surface area contributed by atoms with E-state index >= 15 is 0 Å². The summed E-state index contributed by atoms with van der Waals surface area (Å²) in [6, 6.07) is 5.58. The van der Waals surface area contributed by atoms with Crippen molar-refractivity contribution in [1.29, 1.82) is 0 Å². The number of benzene rings is 1. The minimum absolute atomic E-state index is 0.139. The van der Waals surface area contributed by atoms with Crippen molar-refractivity contribution in [3.8, 4) is 0 Å². The fourth-order valence-electron chi connectivity index (χ4n) is 2.35. The maximum Gasteiger partial charge on any atom is 0.243 e. The molecular formula is C12H19N3O4S2. The van der Waals surface area contributed by atoms with Crippen LogP contribution in [-0.4, -0.2) is 46.5 Å². The summed E-state index contributed by atoms with van der Waals surface area (Å²) < 4.78 is 51.4. The molecule has 0 radical (unpaired) electrons. The van der Waals surface area contributed by atoms with E-state index in [-0.39, 0.29) is 11.4 Å². The summed E-state index contributed by atoms with van der Waals surface area (Å²) in [5, 5.41) is 0. The Balaban J connectivity index is 2.18. The number of rotatable bonds is 4. The van der Waals surface area contributed by atoms with Crippen LogP contribution in [0.4, 0.5) is 5.69 Å². The van der Waals surface area contributed by atoms with Gasteiger partial charge in [0.15, 0.2) is 0 Å². The molecule has 0 aromatic heterocycles. The Bertz CT molecular complexity index is 699. The van der Waals surface area contributed by atoms with Gasteiger partial charge in [-0.1, -0.05) is 0 Å². The fourth-order valence-corrected chi connectivity index (χ4v) is 4.67. The zero-order valence-corrected chi connectivity index (χ0v) is 13.3. The molecule has 1 fully saturated rings. The zero-order valence-electron chi connectivity index (χ0n) is 11.7. The van der Waals surface area contributed by atoms with Gasteiger partial charge in [-0.25, -0.2) is 21.6 Å². The van der Waals surface area contributed by atoms with Crippen molar-refractivity contribution in [1.82, 2.24) is 9.03 Å². The van der Waals surface area contributed by atoms with Crippen LogP contribution >= 0.6 is 0 Å². The van der Waals surface area contributed by atoms with Crippen LogP contribution in [0.5, 0.6) is 0 Å². The first-order valence-corrected chi connectivity index (χ1v) is 9.84. The van der Waals surface area contributed by atoms with Crippen LogP contribution in [0, 0.1) is 0 Å². The number of sulfonamides is 2. The van der Waals surface area contributed by atoms with Crippen LogP contribution in [0.15, 0.2) is 29.2 Å². The number of nitrogens with one attached hydrogen (secondary N) is 1. The summed E-state index contributed by atoms with van der Waals surface area (Å²) in [7, 11) is -6.98. The fraction of sp³-hybridized carbons (Fsp3) is 0.500. The van der Waals surface area contributed by atoms with Gasteiger partial charge in [-0.15, -0.1) is 0 Å². The first kappa shape index (κ1) is 16.2. The quantitative estimate of drug-likeness (QED) is 0.752. The molecule has 118 valence electrons. The van der Waals surface area contributed by atoms with E-state index in [4.69, 9.17) is 5.73 Å². The highest BCUT2D eigenvalue weighted by Crippen LogP contribution is 2.21. The summed E-state index contributed by atoms with van der Waals surface area (Å²) in [5.41, 5.74) is 6.04. The van der Waals surface area contributed by atoms with Gasteiger partial charge in [-0.3, -0.25) is 0 Å². The summed E-state index contributed by atoms with van der Waals surface area (Å²) in [6.45, 7) is 0.522. The van der Waals surface area contributed by atoms with E-state index in [1.54, 1.807) is 0 Å². The molecular weight excluding hydrogens is 314 g/mol. The van der Waals surface area contributed by atoms with Crippen molar-refractivity contribution in [3.63, 3.8) is 0 Å². The minimum atomic E-state index is -3.62. The Morgan fingerprint density at radius 3 is 2.38 bits per heavy atom. The predicted octanol–water partition coefficient (Wildman–Crippen LogP) is -0.0289. The number of piperidine rings is 1. The molecule has 0 saturated carbocycles. The third-order valence-electron chi connectivity index (χ3n) is 3.28. The third-order valence-corrected chi connectivity index (χ3v) is 5.92. The van der Waals surface area contributed by atoms with Gasteiger partial charge in [0.1, 0.15) is 0 Å². The molecule has 21 heavy (non-hydrogen) atoms. The molecule has 7 nitrogen and oxygen atoms in total. The highest BCUT2D eigenvalue weighted by molar-refractivity contribution is 7.89. The van der Waals surface area contributed by atoms with E-state index in [1.165, 1.54) is 28.6 Å². The Morgan fingerprint density at radius 2 is 1.81 bits per heavy atom. The Hall–Kier alpha value is -1.16. The number of hydrogen-bond acceptors (Lipinski definition) is 5. The molecule has 1 aromatic rings. The lowest BCUT2D eigenvalue weighted by molar-refractivity contribution is 0.303. The molecule has 1 unspecified atom stereocenters. The molecule has 1 aliphatic heterocycles. The number of nitrogens with two attached hydrogens (primary N) is 1. The van der Waals surface area contributed by atoms with Crippen LogP contribution < -0.4 is 10.5 Å². The smallest absolute Gasteiger partial charge is 0.243 e. The van der Waals surface area contributed by atoms with Gasteiger partial charge in [0.05, 0.1) is 11.2 Å². The van der Waals surface area contributed by atoms with Crippen molar-refractivity contribution in [2.75, 3.05) is 25.1 Å². The molecule has 9 heteroatoms. The van der Waals surface area contributed by atoms with E-state index in [9.17, 15) is 16.8 Å². The van der Waals surface area contributed by atoms with E-state index in [0.717, 1.165) is 6.26 Å². The molecule has 1 aliphatic rings. The standard InChI is InChI=1S/C12H19N3O4S2/c1-20(16,17)14-11-3-2-8-15(9-11)21(18,19)12-6-4-10(13)5-7-12/h4-7,11,14H,2-3,8-9,13H2,1H3. The molecule has 1 heterocycles. The molecule has 1 atom stereocenters. The Morgan fingerprint density at radius 1 is 1.19 bits per heavy atom. The van der Waals surface area contributed by atoms with Crippen LogP contribution in [-0.2, 0) is 20.0 Å². The lowest BCUT2D eigenvalue weighted by atomic mass is 10.1. The average molecular weight is 333 g/mol. The molecule has 3 N–H and O–H groups in total. The van der Waals surface area contributed by atoms with Crippen LogP contribution in [0.2, 0.25) is 0 Å². The normalized spacial score (nSPS) is 21.3. The maximum absolute atomic E-state index is 12.5. The second kappa shape index (κ2) is 5.91. The van der Waals surface area contributed by atoms with Gasteiger partial charge < -0.3 is 5.73 Å². The average Bonchev–Trinajstić information content (AvgIpc) is 2.37. The van der Waals surface area contributed by atoms with Gasteiger partial charge in [0.25, 0.3) is 0 Å². The number of anilines is 1. The number of nitrogens with zero attached hydrogens (tertiary/aromatic N) is 1. The molecule has 1 aromatic carbocycles. The van der Waals surface area contributed by atoms with Crippen molar-refractivity contribution in [2.45, 2.75) is 23.8 Å². The summed E-state index contributed by atoms with van der Waals surface area (Å²) in [5.74, 6) is 0. The van der Waals surface area contributed by atoms with Gasteiger partial charge in [0.2, 0.25) is 20.0 Å². The van der Waals surface area contributed by atoms with E-state index in [1.807, 2.05) is 0 Å². The first-order valence-electron chi connectivity index (χ1n) is 6.51. The maximum atomic E-state index is 12.5. The number of nitrogen functional groups attached to an aromatic ring is 1. The second-order valence-electron chi connectivity index (χ2n) is 5.16. The van der Waals surface area contributed by atoms with Crippen LogP contribution in [0.25, 0.3) is 0 Å². The van der Waals surface area contributed by atoms with Gasteiger partial charge in [-0.2, -0.15) is 4.31 Å². The van der Waals surface area contributed by atoms with Crippen LogP contribution in [0.3, 0.4) is 0 Å². The second-order valence-corrected chi connectivity index (χ2v) is 8.88.